The molecule has 128 valence electrons. The van der Waals surface area contributed by atoms with Gasteiger partial charge in [0.05, 0.1) is 17.5 Å². The fraction of sp³-hybridized carbons (Fsp3) is 0.667. The van der Waals surface area contributed by atoms with Crippen molar-refractivity contribution in [2.45, 2.75) is 19.4 Å². The standard InChI is InChI=1S/C15H26N6O2/c1-15(2,23-5)11-17-14(16-3)20-6-7-21(13(22)10-20)12-8-18-19(4)9-12/h8-9H,6-7,10-11H2,1-5H3,(H,16,17). The Morgan fingerprint density at radius 1 is 1.48 bits per heavy atom. The van der Waals surface area contributed by atoms with Gasteiger partial charge in [-0.2, -0.15) is 5.10 Å². The van der Waals surface area contributed by atoms with E-state index in [1.165, 1.54) is 0 Å². The predicted octanol–water partition coefficient (Wildman–Crippen LogP) is 0.0691. The van der Waals surface area contributed by atoms with Crippen molar-refractivity contribution in [2.24, 2.45) is 12.0 Å². The van der Waals surface area contributed by atoms with Crippen LogP contribution in [0.3, 0.4) is 0 Å². The molecule has 1 amide bonds. The average molecular weight is 322 g/mol. The number of piperazine rings is 1. The molecule has 0 atom stereocenters. The minimum atomic E-state index is -0.294. The summed E-state index contributed by atoms with van der Waals surface area (Å²) in [4.78, 5) is 20.4. The highest BCUT2D eigenvalue weighted by Crippen LogP contribution is 2.16. The van der Waals surface area contributed by atoms with E-state index in [2.05, 4.69) is 15.4 Å². The lowest BCUT2D eigenvalue weighted by atomic mass is 10.1. The fourth-order valence-corrected chi connectivity index (χ4v) is 2.37. The molecule has 0 radical (unpaired) electrons. The quantitative estimate of drug-likeness (QED) is 0.627. The molecule has 1 aliphatic rings. The number of guanidine groups is 1. The number of aromatic nitrogens is 2. The van der Waals surface area contributed by atoms with Crippen LogP contribution in [-0.2, 0) is 16.6 Å². The van der Waals surface area contributed by atoms with Crippen molar-refractivity contribution >= 4 is 17.6 Å². The summed E-state index contributed by atoms with van der Waals surface area (Å²) in [6.45, 7) is 6.24. The Bertz CT molecular complexity index is 580. The van der Waals surface area contributed by atoms with E-state index in [0.717, 1.165) is 5.69 Å². The van der Waals surface area contributed by atoms with Crippen LogP contribution in [0.1, 0.15) is 13.8 Å². The Morgan fingerprint density at radius 3 is 2.74 bits per heavy atom. The second kappa shape index (κ2) is 6.99. The maximum atomic E-state index is 12.4. The van der Waals surface area contributed by atoms with Crippen LogP contribution in [0.15, 0.2) is 17.4 Å². The number of carbonyl (C=O) groups is 1. The van der Waals surface area contributed by atoms with E-state index >= 15 is 0 Å². The molecule has 1 fully saturated rings. The van der Waals surface area contributed by atoms with Crippen molar-refractivity contribution in [3.05, 3.63) is 12.4 Å². The summed E-state index contributed by atoms with van der Waals surface area (Å²) in [6, 6.07) is 0. The summed E-state index contributed by atoms with van der Waals surface area (Å²) in [6.07, 6.45) is 3.56. The van der Waals surface area contributed by atoms with E-state index in [1.54, 1.807) is 29.9 Å². The largest absolute Gasteiger partial charge is 0.377 e. The second-order valence-corrected chi connectivity index (χ2v) is 6.20. The molecule has 0 spiro atoms. The molecule has 0 aromatic carbocycles. The number of aliphatic imine (C=N–C) groups is 1. The molecule has 1 aliphatic heterocycles. The molecular formula is C15H26N6O2. The second-order valence-electron chi connectivity index (χ2n) is 6.20. The van der Waals surface area contributed by atoms with Gasteiger partial charge in [-0.05, 0) is 13.8 Å². The zero-order valence-electron chi connectivity index (χ0n) is 14.5. The van der Waals surface area contributed by atoms with Gasteiger partial charge in [-0.25, -0.2) is 0 Å². The lowest BCUT2D eigenvalue weighted by Gasteiger charge is -2.36. The molecule has 0 bridgehead atoms. The molecule has 0 saturated carbocycles. The fourth-order valence-electron chi connectivity index (χ4n) is 2.37. The molecule has 2 heterocycles. The minimum absolute atomic E-state index is 0.0400. The van der Waals surface area contributed by atoms with E-state index in [-0.39, 0.29) is 11.5 Å². The van der Waals surface area contributed by atoms with Crippen LogP contribution in [0, 0.1) is 0 Å². The van der Waals surface area contributed by atoms with Crippen LogP contribution < -0.4 is 10.2 Å². The molecule has 1 aromatic heterocycles. The normalized spacial score (nSPS) is 16.9. The van der Waals surface area contributed by atoms with Crippen LogP contribution in [0.25, 0.3) is 0 Å². The Labute approximate surface area is 137 Å². The van der Waals surface area contributed by atoms with E-state index in [0.29, 0.717) is 32.1 Å². The molecule has 1 N–H and O–H groups in total. The number of methoxy groups -OCH3 is 1. The maximum Gasteiger partial charge on any atom is 0.246 e. The number of ether oxygens (including phenoxy) is 1. The van der Waals surface area contributed by atoms with Crippen LogP contribution in [-0.4, -0.2) is 72.5 Å². The lowest BCUT2D eigenvalue weighted by molar-refractivity contribution is -0.120. The highest BCUT2D eigenvalue weighted by Gasteiger charge is 2.28. The topological polar surface area (TPSA) is 75.0 Å². The molecule has 1 saturated heterocycles. The third-order valence-electron chi connectivity index (χ3n) is 3.96. The number of hydrogen-bond acceptors (Lipinski definition) is 4. The Balaban J connectivity index is 1.97. The zero-order valence-corrected chi connectivity index (χ0v) is 14.5. The van der Waals surface area contributed by atoms with Crippen molar-refractivity contribution in [2.75, 3.05) is 45.2 Å². The summed E-state index contributed by atoms with van der Waals surface area (Å²) in [5.74, 6) is 0.757. The first kappa shape index (κ1) is 17.3. The molecule has 8 nitrogen and oxygen atoms in total. The van der Waals surface area contributed by atoms with Crippen LogP contribution >= 0.6 is 0 Å². The number of hydrogen-bond donors (Lipinski definition) is 1. The minimum Gasteiger partial charge on any atom is -0.377 e. The molecule has 2 rings (SSSR count). The number of nitrogens with zero attached hydrogens (tertiary/aromatic N) is 5. The lowest BCUT2D eigenvalue weighted by Crippen LogP contribution is -2.56. The van der Waals surface area contributed by atoms with E-state index < -0.39 is 0 Å². The number of rotatable bonds is 4. The maximum absolute atomic E-state index is 12.4. The first-order valence-corrected chi connectivity index (χ1v) is 7.66. The van der Waals surface area contributed by atoms with Gasteiger partial charge in [0.1, 0.15) is 6.54 Å². The van der Waals surface area contributed by atoms with Crippen molar-refractivity contribution in [3.63, 3.8) is 0 Å². The Morgan fingerprint density at radius 2 is 2.22 bits per heavy atom. The summed E-state index contributed by atoms with van der Waals surface area (Å²) in [5.41, 5.74) is 0.540. The third-order valence-corrected chi connectivity index (χ3v) is 3.96. The van der Waals surface area contributed by atoms with Gasteiger partial charge in [0.2, 0.25) is 5.91 Å². The Kier molecular flexibility index (Phi) is 5.25. The smallest absolute Gasteiger partial charge is 0.246 e. The monoisotopic (exact) mass is 322 g/mol. The first-order valence-electron chi connectivity index (χ1n) is 7.66. The molecule has 0 unspecified atom stereocenters. The summed E-state index contributed by atoms with van der Waals surface area (Å²) in [7, 11) is 5.24. The summed E-state index contributed by atoms with van der Waals surface area (Å²) >= 11 is 0. The van der Waals surface area contributed by atoms with Crippen LogP contribution in [0.5, 0.6) is 0 Å². The summed E-state index contributed by atoms with van der Waals surface area (Å²) in [5, 5.41) is 7.39. The third kappa shape index (κ3) is 4.22. The van der Waals surface area contributed by atoms with Crippen LogP contribution in [0.2, 0.25) is 0 Å². The van der Waals surface area contributed by atoms with Gasteiger partial charge in [-0.3, -0.25) is 14.5 Å². The molecule has 8 heteroatoms. The van der Waals surface area contributed by atoms with Gasteiger partial charge in [-0.15, -0.1) is 0 Å². The molecular weight excluding hydrogens is 296 g/mol. The Hall–Kier alpha value is -2.09. The SMILES string of the molecule is CN=C(NCC(C)(C)OC)N1CCN(c2cnn(C)c2)C(=O)C1. The number of carbonyl (C=O) groups excluding carboxylic acids is 1. The molecule has 1 aromatic rings. The van der Waals surface area contributed by atoms with Gasteiger partial charge in [0.25, 0.3) is 0 Å². The molecule has 0 aliphatic carbocycles. The summed E-state index contributed by atoms with van der Waals surface area (Å²) < 4.78 is 7.09. The molecule has 23 heavy (non-hydrogen) atoms. The van der Waals surface area contributed by atoms with Gasteiger partial charge in [0.15, 0.2) is 5.96 Å². The van der Waals surface area contributed by atoms with E-state index in [4.69, 9.17) is 4.74 Å². The zero-order chi connectivity index (χ0) is 17.0. The number of nitrogens with one attached hydrogen (secondary N) is 1. The van der Waals surface area contributed by atoms with Gasteiger partial charge in [0, 0.05) is 47.0 Å². The van der Waals surface area contributed by atoms with E-state index in [9.17, 15) is 4.79 Å². The number of anilines is 1. The van der Waals surface area contributed by atoms with Crippen molar-refractivity contribution in [1.29, 1.82) is 0 Å². The highest BCUT2D eigenvalue weighted by molar-refractivity contribution is 5.98. The van der Waals surface area contributed by atoms with Gasteiger partial charge in [-0.1, -0.05) is 0 Å². The van der Waals surface area contributed by atoms with Gasteiger partial charge >= 0.3 is 0 Å². The van der Waals surface area contributed by atoms with Crippen LogP contribution in [0.4, 0.5) is 5.69 Å². The van der Waals surface area contributed by atoms with Gasteiger partial charge < -0.3 is 19.9 Å². The highest BCUT2D eigenvalue weighted by atomic mass is 16.5. The van der Waals surface area contributed by atoms with E-state index in [1.807, 2.05) is 32.0 Å². The number of amides is 1. The van der Waals surface area contributed by atoms with Crippen molar-refractivity contribution in [3.8, 4) is 0 Å². The number of aryl methyl sites for hydroxylation is 1. The van der Waals surface area contributed by atoms with Crippen molar-refractivity contribution in [1.82, 2.24) is 20.0 Å². The predicted molar refractivity (Wildman–Crippen MR) is 89.6 cm³/mol. The van der Waals surface area contributed by atoms with Crippen molar-refractivity contribution < 1.29 is 9.53 Å². The first-order chi connectivity index (χ1) is 10.9. The average Bonchev–Trinajstić information content (AvgIpc) is 2.94.